The lowest BCUT2D eigenvalue weighted by Crippen LogP contribution is -2.36. The Bertz CT molecular complexity index is 1350. The number of rotatable bonds is 6. The van der Waals surface area contributed by atoms with E-state index in [-0.39, 0.29) is 30.1 Å². The van der Waals surface area contributed by atoms with Crippen LogP contribution in [0.1, 0.15) is 40.9 Å². The van der Waals surface area contributed by atoms with Gasteiger partial charge in [-0.3, -0.25) is 0 Å². The van der Waals surface area contributed by atoms with Gasteiger partial charge in [-0.2, -0.15) is 10.3 Å². The molecule has 0 saturated carbocycles. The maximum atomic E-state index is 13.3. The fourth-order valence-corrected chi connectivity index (χ4v) is 6.10. The van der Waals surface area contributed by atoms with Gasteiger partial charge in [0, 0.05) is 5.69 Å². The van der Waals surface area contributed by atoms with Crippen molar-refractivity contribution >= 4 is 21.6 Å². The van der Waals surface area contributed by atoms with Crippen molar-refractivity contribution in [1.29, 1.82) is 4.78 Å². The number of tetrazole rings is 1. The van der Waals surface area contributed by atoms with Gasteiger partial charge in [0.2, 0.25) is 5.88 Å². The monoisotopic (exact) mass is 499 g/mol. The van der Waals surface area contributed by atoms with Crippen molar-refractivity contribution < 1.29 is 18.5 Å². The van der Waals surface area contributed by atoms with E-state index in [0.717, 1.165) is 55.3 Å². The molecular weight excluding hydrogens is 474 g/mol. The van der Waals surface area contributed by atoms with Gasteiger partial charge in [-0.15, -0.1) is 10.2 Å². The number of carbonyl (C=O) groups excluding carboxylic acids is 1. The number of ether oxygens (including phenoxy) is 2. The highest BCUT2D eigenvalue weighted by atomic mass is 32.2. The van der Waals surface area contributed by atoms with Gasteiger partial charge in [-0.1, -0.05) is 11.3 Å². The summed E-state index contributed by atoms with van der Waals surface area (Å²) in [5, 5.41) is 20.6. The fraction of sp³-hybridized carbons (Fsp3) is 0.476. The molecule has 3 aliphatic rings. The van der Waals surface area contributed by atoms with Gasteiger partial charge in [0.25, 0.3) is 0 Å². The molecule has 3 heterocycles. The number of carbonyl (C=O) groups is 1. The molecule has 13 nitrogen and oxygen atoms in total. The normalized spacial score (nSPS) is 19.8. The zero-order valence-corrected chi connectivity index (χ0v) is 19.7. The van der Waals surface area contributed by atoms with Crippen molar-refractivity contribution in [1.82, 2.24) is 35.1 Å². The first-order valence-electron chi connectivity index (χ1n) is 11.5. The summed E-state index contributed by atoms with van der Waals surface area (Å²) < 4.78 is 36.9. The predicted octanol–water partition coefficient (Wildman–Crippen LogP) is 1.49. The molecule has 0 spiro atoms. The lowest BCUT2D eigenvalue weighted by molar-refractivity contribution is -0.0251. The maximum Gasteiger partial charge on any atom is 0.331 e. The topological polar surface area (TPSA) is 173 Å². The molecule has 1 aliphatic heterocycles. The molecule has 0 bridgehead atoms. The average molecular weight is 500 g/mol. The number of hydrogen-bond donors (Lipinski definition) is 4. The summed E-state index contributed by atoms with van der Waals surface area (Å²) in [5.41, 5.74) is 5.71. The Hall–Kier alpha value is -3.52. The molecule has 4 N–H and O–H groups in total. The van der Waals surface area contributed by atoms with Gasteiger partial charge >= 0.3 is 6.03 Å². The molecule has 14 heteroatoms. The Kier molecular flexibility index (Phi) is 5.40. The van der Waals surface area contributed by atoms with E-state index in [2.05, 4.69) is 41.8 Å². The molecule has 0 radical (unpaired) electrons. The van der Waals surface area contributed by atoms with Crippen LogP contribution in [0.25, 0.3) is 0 Å². The summed E-state index contributed by atoms with van der Waals surface area (Å²) in [5.74, 6) is 0.599. The third kappa shape index (κ3) is 4.12. The van der Waals surface area contributed by atoms with Crippen LogP contribution in [0.5, 0.6) is 5.88 Å². The first kappa shape index (κ1) is 22.0. The number of fused-ring (bicyclic) bond motifs is 3. The van der Waals surface area contributed by atoms with Crippen molar-refractivity contribution in [2.24, 2.45) is 0 Å². The van der Waals surface area contributed by atoms with Gasteiger partial charge in [-0.25, -0.2) is 23.2 Å². The predicted molar refractivity (Wildman–Crippen MR) is 122 cm³/mol. The second kappa shape index (κ2) is 8.61. The highest BCUT2D eigenvalue weighted by Gasteiger charge is 2.30. The summed E-state index contributed by atoms with van der Waals surface area (Å²) in [4.78, 5) is 12.9. The van der Waals surface area contributed by atoms with E-state index < -0.39 is 15.9 Å². The zero-order chi connectivity index (χ0) is 24.0. The quantitative estimate of drug-likeness (QED) is 0.395. The van der Waals surface area contributed by atoms with Crippen LogP contribution < -0.4 is 14.8 Å². The number of nitrogens with zero attached hydrogens (tertiary/aromatic N) is 5. The second-order valence-corrected chi connectivity index (χ2v) is 10.7. The van der Waals surface area contributed by atoms with Crippen molar-refractivity contribution in [3.05, 3.63) is 40.3 Å². The standard InChI is InChI=1S/C21H25N9O4S/c22-35(32,17-8-23-30-9-14(10-34-20(17)30)33-11-18-25-28-29-26-18)27-21(31)24-19-15-5-1-3-12(15)7-13-4-2-6-16(13)19/h7-8,14H,1-6,9-11H2,(H,25,26,28,29)(H3,22,24,27,31,32). The number of H-pyrrole nitrogens is 1. The first-order chi connectivity index (χ1) is 17.0. The van der Waals surface area contributed by atoms with Gasteiger partial charge in [0.05, 0.1) is 12.7 Å². The molecule has 0 fully saturated rings. The van der Waals surface area contributed by atoms with Crippen LogP contribution in [0.2, 0.25) is 0 Å². The molecule has 3 aromatic rings. The minimum atomic E-state index is -3.71. The minimum absolute atomic E-state index is 0.0211. The minimum Gasteiger partial charge on any atom is -0.474 e. The maximum absolute atomic E-state index is 13.3. The number of benzene rings is 1. The number of urea groups is 1. The van der Waals surface area contributed by atoms with Crippen LogP contribution in [0.3, 0.4) is 0 Å². The Morgan fingerprint density at radius 2 is 2.03 bits per heavy atom. The largest absolute Gasteiger partial charge is 0.474 e. The molecule has 2 atom stereocenters. The summed E-state index contributed by atoms with van der Waals surface area (Å²) in [7, 11) is -3.71. The van der Waals surface area contributed by atoms with Crippen LogP contribution >= 0.6 is 0 Å². The van der Waals surface area contributed by atoms with Gasteiger partial charge < -0.3 is 14.8 Å². The smallest absolute Gasteiger partial charge is 0.331 e. The number of aromatic nitrogens is 6. The Morgan fingerprint density at radius 3 is 2.74 bits per heavy atom. The van der Waals surface area contributed by atoms with E-state index in [9.17, 15) is 9.00 Å². The van der Waals surface area contributed by atoms with E-state index in [1.807, 2.05) is 0 Å². The number of aromatic amines is 1. The van der Waals surface area contributed by atoms with Crippen molar-refractivity contribution in [2.75, 3.05) is 11.9 Å². The molecule has 1 aromatic carbocycles. The number of nitrogens with one attached hydrogen (secondary N) is 4. The fourth-order valence-electron chi connectivity index (χ4n) is 5.08. The molecule has 2 amide bonds. The Morgan fingerprint density at radius 1 is 1.26 bits per heavy atom. The van der Waals surface area contributed by atoms with E-state index in [0.29, 0.717) is 12.4 Å². The van der Waals surface area contributed by atoms with Crippen molar-refractivity contribution in [3.63, 3.8) is 0 Å². The average Bonchev–Trinajstić information content (AvgIpc) is 3.63. The highest BCUT2D eigenvalue weighted by molar-refractivity contribution is 7.91. The van der Waals surface area contributed by atoms with Gasteiger partial charge in [-0.05, 0) is 60.8 Å². The molecular formula is C21H25N9O4S. The highest BCUT2D eigenvalue weighted by Crippen LogP contribution is 2.38. The molecule has 184 valence electrons. The van der Waals surface area contributed by atoms with Gasteiger partial charge in [0.15, 0.2) is 15.7 Å². The van der Waals surface area contributed by atoms with E-state index >= 15 is 0 Å². The van der Waals surface area contributed by atoms with Crippen molar-refractivity contribution in [2.45, 2.75) is 62.7 Å². The molecule has 6 rings (SSSR count). The Balaban J connectivity index is 1.15. The van der Waals surface area contributed by atoms with Crippen LogP contribution in [-0.4, -0.2) is 53.4 Å². The van der Waals surface area contributed by atoms with Crippen LogP contribution in [0, 0.1) is 4.78 Å². The van der Waals surface area contributed by atoms with Crippen LogP contribution in [-0.2, 0) is 53.5 Å². The van der Waals surface area contributed by atoms with E-state index in [1.165, 1.54) is 22.0 Å². The number of anilines is 1. The van der Waals surface area contributed by atoms with Crippen LogP contribution in [0.4, 0.5) is 10.5 Å². The molecule has 2 aromatic heterocycles. The number of aryl methyl sites for hydroxylation is 2. The first-order valence-corrected chi connectivity index (χ1v) is 13.1. The van der Waals surface area contributed by atoms with Crippen molar-refractivity contribution in [3.8, 4) is 5.88 Å². The molecule has 35 heavy (non-hydrogen) atoms. The molecule has 0 saturated heterocycles. The summed E-state index contributed by atoms with van der Waals surface area (Å²) >= 11 is 0. The molecule has 2 unspecified atom stereocenters. The Labute approximate surface area is 201 Å². The zero-order valence-electron chi connectivity index (χ0n) is 18.9. The second-order valence-electron chi connectivity index (χ2n) is 8.91. The lowest BCUT2D eigenvalue weighted by Gasteiger charge is -2.24. The summed E-state index contributed by atoms with van der Waals surface area (Å²) in [6.07, 6.45) is 6.91. The SMILES string of the molecule is N=S(=O)(NC(=O)Nc1c2c(cc3c1CCC3)CCC2)c1cnn2c1OCC(OCc1nn[nH]n1)C2. The summed E-state index contributed by atoms with van der Waals surface area (Å²) in [6, 6.07) is 1.60. The number of amides is 2. The third-order valence-electron chi connectivity index (χ3n) is 6.64. The van der Waals surface area contributed by atoms with E-state index in [1.54, 1.807) is 0 Å². The molecule has 2 aliphatic carbocycles. The van der Waals surface area contributed by atoms with Crippen LogP contribution in [0.15, 0.2) is 17.2 Å². The van der Waals surface area contributed by atoms with Gasteiger partial charge in [0.1, 0.15) is 24.2 Å². The summed E-state index contributed by atoms with van der Waals surface area (Å²) in [6.45, 7) is 0.648. The number of hydrogen-bond acceptors (Lipinski definition) is 9. The lowest BCUT2D eigenvalue weighted by atomic mass is 9.99. The van der Waals surface area contributed by atoms with E-state index in [4.69, 9.17) is 14.3 Å². The third-order valence-corrected chi connectivity index (χ3v) is 8.01.